The summed E-state index contributed by atoms with van der Waals surface area (Å²) in [6.45, 7) is 0.535. The number of hydrogen-bond acceptors (Lipinski definition) is 6. The van der Waals surface area contributed by atoms with Gasteiger partial charge in [0.1, 0.15) is 11.2 Å². The molecule has 1 N–H and O–H groups in total. The Kier molecular flexibility index (Phi) is 4.92. The lowest BCUT2D eigenvalue weighted by atomic mass is 10.0. The number of fused-ring (bicyclic) bond motifs is 1. The van der Waals surface area contributed by atoms with Crippen LogP contribution in [0.3, 0.4) is 0 Å². The van der Waals surface area contributed by atoms with E-state index in [-0.39, 0.29) is 5.91 Å². The number of thiazole rings is 2. The molecule has 27 heavy (non-hydrogen) atoms. The number of nitrogens with one attached hydrogen (secondary N) is 1. The Balaban J connectivity index is 1.39. The minimum Gasteiger partial charge on any atom is -0.350 e. The van der Waals surface area contributed by atoms with E-state index in [1.807, 2.05) is 11.7 Å². The molecule has 1 aromatic carbocycles. The minimum atomic E-state index is -0.202. The van der Waals surface area contributed by atoms with Crippen molar-refractivity contribution in [3.05, 3.63) is 63.8 Å². The van der Waals surface area contributed by atoms with Crippen molar-refractivity contribution >= 4 is 38.8 Å². The van der Waals surface area contributed by atoms with Crippen LogP contribution in [0.1, 0.15) is 21.1 Å². The van der Waals surface area contributed by atoms with Crippen LogP contribution in [0, 0.1) is 12.3 Å². The number of terminal acetylenes is 1. The maximum absolute atomic E-state index is 12.1. The van der Waals surface area contributed by atoms with Gasteiger partial charge in [0.05, 0.1) is 16.4 Å². The summed E-state index contributed by atoms with van der Waals surface area (Å²) < 4.78 is 1.14. The van der Waals surface area contributed by atoms with Gasteiger partial charge in [-0.2, -0.15) is 0 Å². The van der Waals surface area contributed by atoms with Crippen molar-refractivity contribution in [1.29, 1.82) is 0 Å². The highest BCUT2D eigenvalue weighted by Crippen LogP contribution is 2.30. The number of amides is 1. The summed E-state index contributed by atoms with van der Waals surface area (Å²) in [5.74, 6) is 2.23. The summed E-state index contributed by atoms with van der Waals surface area (Å²) in [6, 6.07) is 8.29. The van der Waals surface area contributed by atoms with Gasteiger partial charge in [-0.1, -0.05) is 24.3 Å². The van der Waals surface area contributed by atoms with E-state index in [4.69, 9.17) is 6.42 Å². The van der Waals surface area contributed by atoms with Gasteiger partial charge in [0.2, 0.25) is 0 Å². The molecule has 0 bridgehead atoms. The van der Waals surface area contributed by atoms with Crippen molar-refractivity contribution in [3.8, 4) is 23.5 Å². The van der Waals surface area contributed by atoms with Gasteiger partial charge in [-0.05, 0) is 23.5 Å². The first-order chi connectivity index (χ1) is 13.2. The number of carbonyl (C=O) groups is 1. The number of carbonyl (C=O) groups excluding carboxylic acids is 1. The van der Waals surface area contributed by atoms with E-state index < -0.39 is 0 Å². The Labute approximate surface area is 164 Å². The SMILES string of the molecule is C#Cc1nc(C(=O)NCCc2ccc(-c3cncc4ncsc34)cc2)cs1. The second kappa shape index (κ2) is 7.66. The third-order valence-corrected chi connectivity index (χ3v) is 5.71. The standard InChI is InChI=1S/C20H14N4OS2/c1-2-18-24-17(11-26-18)20(25)22-8-7-13-3-5-14(6-4-13)15-9-21-10-16-19(15)27-12-23-16/h1,3-6,9-12H,7-8H2,(H,22,25). The normalized spacial score (nSPS) is 10.6. The van der Waals surface area contributed by atoms with Crippen LogP contribution in [0.15, 0.2) is 47.5 Å². The Morgan fingerprint density at radius 3 is 2.81 bits per heavy atom. The summed E-state index contributed by atoms with van der Waals surface area (Å²) in [5, 5.41) is 5.06. The summed E-state index contributed by atoms with van der Waals surface area (Å²) in [4.78, 5) is 24.7. The summed E-state index contributed by atoms with van der Waals surface area (Å²) in [6.07, 6.45) is 9.66. The lowest BCUT2D eigenvalue weighted by Gasteiger charge is -2.06. The molecule has 0 saturated carbocycles. The number of benzene rings is 1. The average Bonchev–Trinajstić information content (AvgIpc) is 3.37. The molecule has 0 fully saturated rings. The molecule has 0 aliphatic heterocycles. The lowest BCUT2D eigenvalue weighted by molar-refractivity contribution is 0.0950. The van der Waals surface area contributed by atoms with Crippen molar-refractivity contribution < 1.29 is 4.79 Å². The van der Waals surface area contributed by atoms with Crippen LogP contribution in [0.5, 0.6) is 0 Å². The van der Waals surface area contributed by atoms with E-state index in [0.29, 0.717) is 17.2 Å². The molecule has 4 aromatic rings. The largest absolute Gasteiger partial charge is 0.350 e. The summed E-state index contributed by atoms with van der Waals surface area (Å²) in [7, 11) is 0. The predicted octanol–water partition coefficient (Wildman–Crippen LogP) is 3.77. The van der Waals surface area contributed by atoms with E-state index in [1.54, 1.807) is 22.9 Å². The van der Waals surface area contributed by atoms with Gasteiger partial charge in [0.15, 0.2) is 5.01 Å². The first-order valence-corrected chi connectivity index (χ1v) is 9.97. The van der Waals surface area contributed by atoms with Crippen LogP contribution in [0.2, 0.25) is 0 Å². The quantitative estimate of drug-likeness (QED) is 0.527. The molecule has 7 heteroatoms. The van der Waals surface area contributed by atoms with Crippen molar-refractivity contribution in [3.63, 3.8) is 0 Å². The van der Waals surface area contributed by atoms with Crippen molar-refractivity contribution in [1.82, 2.24) is 20.3 Å². The van der Waals surface area contributed by atoms with Crippen LogP contribution in [0.4, 0.5) is 0 Å². The predicted molar refractivity (Wildman–Crippen MR) is 109 cm³/mol. The van der Waals surface area contributed by atoms with Crippen LogP contribution in [-0.2, 0) is 6.42 Å². The fourth-order valence-electron chi connectivity index (χ4n) is 2.70. The highest BCUT2D eigenvalue weighted by Gasteiger charge is 2.10. The molecule has 5 nitrogen and oxygen atoms in total. The average molecular weight is 390 g/mol. The van der Waals surface area contributed by atoms with E-state index in [0.717, 1.165) is 33.3 Å². The van der Waals surface area contributed by atoms with Crippen molar-refractivity contribution in [2.24, 2.45) is 0 Å². The summed E-state index contributed by atoms with van der Waals surface area (Å²) >= 11 is 2.91. The second-order valence-electron chi connectivity index (χ2n) is 5.77. The molecule has 132 valence electrons. The van der Waals surface area contributed by atoms with E-state index in [1.165, 1.54) is 11.3 Å². The molecular weight excluding hydrogens is 376 g/mol. The van der Waals surface area contributed by atoms with Gasteiger partial charge in [-0.25, -0.2) is 9.97 Å². The highest BCUT2D eigenvalue weighted by molar-refractivity contribution is 7.17. The monoisotopic (exact) mass is 390 g/mol. The van der Waals surface area contributed by atoms with Crippen molar-refractivity contribution in [2.45, 2.75) is 6.42 Å². The van der Waals surface area contributed by atoms with Crippen LogP contribution in [0.25, 0.3) is 21.3 Å². The molecular formula is C20H14N4OS2. The number of nitrogens with zero attached hydrogens (tertiary/aromatic N) is 3. The Bertz CT molecular complexity index is 1140. The van der Waals surface area contributed by atoms with E-state index >= 15 is 0 Å². The third-order valence-electron chi connectivity index (χ3n) is 4.06. The topological polar surface area (TPSA) is 67.8 Å². The zero-order chi connectivity index (χ0) is 18.6. The number of pyridine rings is 1. The van der Waals surface area contributed by atoms with Gasteiger partial charge >= 0.3 is 0 Å². The molecule has 4 rings (SSSR count). The Hall–Kier alpha value is -3.08. The molecule has 0 aliphatic carbocycles. The molecule has 1 amide bonds. The maximum Gasteiger partial charge on any atom is 0.270 e. The molecule has 0 aliphatic rings. The van der Waals surface area contributed by atoms with Crippen LogP contribution >= 0.6 is 22.7 Å². The molecule has 0 radical (unpaired) electrons. The van der Waals surface area contributed by atoms with Gasteiger partial charge in [0, 0.05) is 23.7 Å². The molecule has 0 spiro atoms. The second-order valence-corrected chi connectivity index (χ2v) is 7.49. The molecule has 3 aromatic heterocycles. The fraction of sp³-hybridized carbons (Fsp3) is 0.100. The van der Waals surface area contributed by atoms with Gasteiger partial charge < -0.3 is 5.32 Å². The zero-order valence-corrected chi connectivity index (χ0v) is 15.8. The molecule has 3 heterocycles. The smallest absolute Gasteiger partial charge is 0.270 e. The molecule has 0 saturated heterocycles. The number of aromatic nitrogens is 3. The fourth-order valence-corrected chi connectivity index (χ4v) is 4.10. The van der Waals surface area contributed by atoms with Crippen molar-refractivity contribution in [2.75, 3.05) is 6.54 Å². The van der Waals surface area contributed by atoms with Crippen LogP contribution in [-0.4, -0.2) is 27.4 Å². The van der Waals surface area contributed by atoms with Gasteiger partial charge in [0.25, 0.3) is 5.91 Å². The minimum absolute atomic E-state index is 0.202. The van der Waals surface area contributed by atoms with Crippen LogP contribution < -0.4 is 5.32 Å². The summed E-state index contributed by atoms with van der Waals surface area (Å²) in [5.41, 5.74) is 6.46. The number of rotatable bonds is 5. The number of hydrogen-bond donors (Lipinski definition) is 1. The Morgan fingerprint density at radius 2 is 2.04 bits per heavy atom. The maximum atomic E-state index is 12.1. The Morgan fingerprint density at radius 1 is 1.19 bits per heavy atom. The van der Waals surface area contributed by atoms with Gasteiger partial charge in [-0.3, -0.25) is 9.78 Å². The van der Waals surface area contributed by atoms with E-state index in [9.17, 15) is 4.79 Å². The third kappa shape index (κ3) is 3.72. The first-order valence-electron chi connectivity index (χ1n) is 8.21. The zero-order valence-electron chi connectivity index (χ0n) is 14.2. The molecule has 0 unspecified atom stereocenters. The first kappa shape index (κ1) is 17.3. The van der Waals surface area contributed by atoms with E-state index in [2.05, 4.69) is 50.5 Å². The lowest BCUT2D eigenvalue weighted by Crippen LogP contribution is -2.25. The molecule has 0 atom stereocenters. The van der Waals surface area contributed by atoms with Gasteiger partial charge in [-0.15, -0.1) is 29.1 Å². The highest BCUT2D eigenvalue weighted by atomic mass is 32.1.